The van der Waals surface area contributed by atoms with Crippen LogP contribution >= 0.6 is 0 Å². The molecule has 0 radical (unpaired) electrons. The van der Waals surface area contributed by atoms with E-state index in [1.807, 2.05) is 18.2 Å². The third-order valence-corrected chi connectivity index (χ3v) is 3.14. The van der Waals surface area contributed by atoms with Gasteiger partial charge in [0, 0.05) is 6.54 Å². The molecule has 0 aliphatic rings. The molecular weight excluding hydrogens is 280 g/mol. The molecule has 0 saturated carbocycles. The van der Waals surface area contributed by atoms with Crippen LogP contribution in [0.4, 0.5) is 0 Å². The molecule has 2 N–H and O–H groups in total. The second-order valence-electron chi connectivity index (χ2n) is 4.87. The van der Waals surface area contributed by atoms with E-state index in [1.165, 1.54) is 11.8 Å². The van der Waals surface area contributed by atoms with Crippen molar-refractivity contribution in [3.8, 4) is 5.75 Å². The number of rotatable bonds is 8. The molecule has 0 unspecified atom stereocenters. The lowest BCUT2D eigenvalue weighted by atomic mass is 10.1. The second kappa shape index (κ2) is 8.79. The topological polar surface area (TPSA) is 71.5 Å². The summed E-state index contributed by atoms with van der Waals surface area (Å²) in [6.07, 6.45) is 3.32. The number of nitrogens with zero attached hydrogens (tertiary/aromatic N) is 1. The molecule has 0 atom stereocenters. The monoisotopic (exact) mass is 300 g/mol. The number of benzene rings is 1. The van der Waals surface area contributed by atoms with Gasteiger partial charge in [-0.15, -0.1) is 0 Å². The van der Waals surface area contributed by atoms with Crippen molar-refractivity contribution < 1.29 is 14.6 Å². The van der Waals surface area contributed by atoms with E-state index in [2.05, 4.69) is 22.4 Å². The number of ether oxygens (including phenoxy) is 1. The Balaban J connectivity index is 1.61. The van der Waals surface area contributed by atoms with E-state index in [0.717, 1.165) is 12.8 Å². The molecule has 1 amide bonds. The minimum Gasteiger partial charge on any atom is -0.482 e. The molecule has 0 bridgehead atoms. The first-order valence-corrected chi connectivity index (χ1v) is 7.27. The van der Waals surface area contributed by atoms with Crippen molar-refractivity contribution in [3.63, 3.8) is 0 Å². The van der Waals surface area contributed by atoms with E-state index in [4.69, 9.17) is 9.84 Å². The lowest BCUT2D eigenvalue weighted by Crippen LogP contribution is -2.29. The molecule has 22 heavy (non-hydrogen) atoms. The molecule has 0 spiro atoms. The first-order valence-electron chi connectivity index (χ1n) is 7.27. The summed E-state index contributed by atoms with van der Waals surface area (Å²) in [5, 5.41) is 11.7. The van der Waals surface area contributed by atoms with Gasteiger partial charge in [0.1, 0.15) is 5.75 Å². The van der Waals surface area contributed by atoms with Gasteiger partial charge in [0.25, 0.3) is 5.91 Å². The molecule has 116 valence electrons. The van der Waals surface area contributed by atoms with Crippen LogP contribution in [0.15, 0.2) is 48.7 Å². The van der Waals surface area contributed by atoms with Crippen LogP contribution in [0, 0.1) is 0 Å². The normalized spacial score (nSPS) is 10.2. The maximum atomic E-state index is 11.7. The van der Waals surface area contributed by atoms with Crippen LogP contribution in [-0.2, 0) is 17.8 Å². The maximum absolute atomic E-state index is 11.7. The number of aliphatic hydroxyl groups excluding tert-OH is 1. The van der Waals surface area contributed by atoms with E-state index < -0.39 is 0 Å². The van der Waals surface area contributed by atoms with E-state index in [1.54, 1.807) is 12.1 Å². The molecular formula is C17H20N2O3. The number of hydrogen-bond donors (Lipinski definition) is 2. The highest BCUT2D eigenvalue weighted by atomic mass is 16.5. The Morgan fingerprint density at radius 1 is 1.18 bits per heavy atom. The minimum absolute atomic E-state index is 0.0362. The van der Waals surface area contributed by atoms with Gasteiger partial charge in [0.2, 0.25) is 0 Å². The summed E-state index contributed by atoms with van der Waals surface area (Å²) in [4.78, 5) is 15.6. The quantitative estimate of drug-likeness (QED) is 0.728. The molecule has 1 aromatic carbocycles. The Kier molecular flexibility index (Phi) is 6.39. The summed E-state index contributed by atoms with van der Waals surface area (Å²) in [6.45, 7) is 0.479. The number of amides is 1. The van der Waals surface area contributed by atoms with E-state index in [0.29, 0.717) is 18.0 Å². The zero-order chi connectivity index (χ0) is 15.6. The first-order chi connectivity index (χ1) is 10.8. The highest BCUT2D eigenvalue weighted by Gasteiger charge is 2.03. The number of aliphatic hydroxyl groups is 1. The fraction of sp³-hybridized carbons (Fsp3) is 0.294. The van der Waals surface area contributed by atoms with Crippen molar-refractivity contribution in [2.75, 3.05) is 13.2 Å². The van der Waals surface area contributed by atoms with Crippen LogP contribution < -0.4 is 10.1 Å². The van der Waals surface area contributed by atoms with Gasteiger partial charge in [-0.2, -0.15) is 0 Å². The molecule has 5 heteroatoms. The first kappa shape index (κ1) is 16.0. The Bertz CT molecular complexity index is 570. The lowest BCUT2D eigenvalue weighted by Gasteiger charge is -2.07. The summed E-state index contributed by atoms with van der Waals surface area (Å²) < 4.78 is 5.33. The third-order valence-electron chi connectivity index (χ3n) is 3.14. The van der Waals surface area contributed by atoms with E-state index in [9.17, 15) is 4.79 Å². The summed E-state index contributed by atoms with van der Waals surface area (Å²) in [5.74, 6) is 0.357. The zero-order valence-electron chi connectivity index (χ0n) is 12.4. The average molecular weight is 300 g/mol. The predicted octanol–water partition coefficient (Wildman–Crippen LogP) is 1.70. The van der Waals surface area contributed by atoms with Crippen molar-refractivity contribution >= 4 is 5.91 Å². The second-order valence-corrected chi connectivity index (χ2v) is 4.87. The Morgan fingerprint density at radius 3 is 2.68 bits per heavy atom. The maximum Gasteiger partial charge on any atom is 0.257 e. The van der Waals surface area contributed by atoms with Crippen LogP contribution in [0.2, 0.25) is 0 Å². The number of aromatic nitrogens is 1. The van der Waals surface area contributed by atoms with Gasteiger partial charge in [-0.25, -0.2) is 0 Å². The number of nitrogens with one attached hydrogen (secondary N) is 1. The Hall–Kier alpha value is -2.40. The summed E-state index contributed by atoms with van der Waals surface area (Å²) in [6, 6.07) is 13.5. The van der Waals surface area contributed by atoms with Gasteiger partial charge in [0.05, 0.1) is 18.5 Å². The van der Waals surface area contributed by atoms with E-state index in [-0.39, 0.29) is 19.1 Å². The molecule has 1 heterocycles. The average Bonchev–Trinajstić information content (AvgIpc) is 2.58. The van der Waals surface area contributed by atoms with Gasteiger partial charge < -0.3 is 15.2 Å². The van der Waals surface area contributed by atoms with Crippen molar-refractivity contribution in [3.05, 3.63) is 59.9 Å². The highest BCUT2D eigenvalue weighted by Crippen LogP contribution is 2.08. The molecule has 2 aromatic rings. The predicted molar refractivity (Wildman–Crippen MR) is 83.4 cm³/mol. The van der Waals surface area contributed by atoms with Gasteiger partial charge in [-0.3, -0.25) is 9.78 Å². The number of hydrogen-bond acceptors (Lipinski definition) is 4. The van der Waals surface area contributed by atoms with Crippen LogP contribution in [0.1, 0.15) is 17.7 Å². The van der Waals surface area contributed by atoms with Gasteiger partial charge in [0.15, 0.2) is 6.61 Å². The molecule has 0 saturated heterocycles. The van der Waals surface area contributed by atoms with Crippen LogP contribution in [0.3, 0.4) is 0 Å². The largest absolute Gasteiger partial charge is 0.482 e. The van der Waals surface area contributed by atoms with Crippen LogP contribution in [0.5, 0.6) is 5.75 Å². The molecule has 0 aliphatic carbocycles. The summed E-state index contributed by atoms with van der Waals surface area (Å²) in [5.41, 5.74) is 1.83. The minimum atomic E-state index is -0.153. The van der Waals surface area contributed by atoms with Gasteiger partial charge >= 0.3 is 0 Å². The smallest absolute Gasteiger partial charge is 0.257 e. The van der Waals surface area contributed by atoms with Crippen molar-refractivity contribution in [1.29, 1.82) is 0 Å². The zero-order valence-corrected chi connectivity index (χ0v) is 12.4. The fourth-order valence-corrected chi connectivity index (χ4v) is 1.95. The van der Waals surface area contributed by atoms with Crippen LogP contribution in [-0.4, -0.2) is 29.1 Å². The fourth-order valence-electron chi connectivity index (χ4n) is 1.95. The molecule has 0 aliphatic heterocycles. The Morgan fingerprint density at radius 2 is 2.00 bits per heavy atom. The molecule has 0 fully saturated rings. The number of carbonyl (C=O) groups is 1. The highest BCUT2D eigenvalue weighted by molar-refractivity contribution is 5.77. The third kappa shape index (κ3) is 5.54. The standard InChI is InChI=1S/C17H20N2O3/c20-12-15-8-9-16(11-19-15)22-13-17(21)18-10-4-7-14-5-2-1-3-6-14/h1-3,5-6,8-9,11,20H,4,7,10,12-13H2,(H,18,21). The summed E-state index contributed by atoms with van der Waals surface area (Å²) in [7, 11) is 0. The number of pyridine rings is 1. The van der Waals surface area contributed by atoms with Crippen molar-refractivity contribution in [1.82, 2.24) is 10.3 Å². The number of aryl methyl sites for hydroxylation is 1. The summed E-state index contributed by atoms with van der Waals surface area (Å²) >= 11 is 0. The van der Waals surface area contributed by atoms with Crippen LogP contribution in [0.25, 0.3) is 0 Å². The van der Waals surface area contributed by atoms with Gasteiger partial charge in [-0.05, 0) is 30.5 Å². The number of carbonyl (C=O) groups excluding carboxylic acids is 1. The SMILES string of the molecule is O=C(COc1ccc(CO)nc1)NCCCc1ccccc1. The molecule has 5 nitrogen and oxygen atoms in total. The lowest BCUT2D eigenvalue weighted by molar-refractivity contribution is -0.123. The molecule has 2 rings (SSSR count). The van der Waals surface area contributed by atoms with Gasteiger partial charge in [-0.1, -0.05) is 30.3 Å². The Labute approximate surface area is 130 Å². The van der Waals surface area contributed by atoms with Crippen molar-refractivity contribution in [2.24, 2.45) is 0 Å². The van der Waals surface area contributed by atoms with E-state index >= 15 is 0 Å². The van der Waals surface area contributed by atoms with Crippen molar-refractivity contribution in [2.45, 2.75) is 19.4 Å². The molecule has 1 aromatic heterocycles.